The number of benzene rings is 2. The molecule has 0 radical (unpaired) electrons. The van der Waals surface area contributed by atoms with E-state index >= 15 is 0 Å². The molecule has 0 saturated carbocycles. The molecule has 5 nitrogen and oxygen atoms in total. The van der Waals surface area contributed by atoms with Crippen LogP contribution in [0.3, 0.4) is 0 Å². The van der Waals surface area contributed by atoms with Crippen LogP contribution >= 0.6 is 0 Å². The number of anilines is 2. The average molecular weight is 357 g/mol. The van der Waals surface area contributed by atoms with E-state index in [0.29, 0.717) is 12.2 Å². The Kier molecular flexibility index (Phi) is 6.20. The Balaban J connectivity index is 1.58. The summed E-state index contributed by atoms with van der Waals surface area (Å²) in [6.07, 6.45) is 0. The molecule has 1 saturated heterocycles. The summed E-state index contributed by atoms with van der Waals surface area (Å²) in [5.41, 5.74) is 2.98. The first-order chi connectivity index (χ1) is 12.6. The minimum Gasteiger partial charge on any atom is -0.378 e. The van der Waals surface area contributed by atoms with Crippen LogP contribution in [0.15, 0.2) is 48.5 Å². The van der Waals surface area contributed by atoms with Crippen LogP contribution in [0.2, 0.25) is 0 Å². The van der Waals surface area contributed by atoms with E-state index in [4.69, 9.17) is 4.74 Å². The van der Waals surface area contributed by atoms with E-state index < -0.39 is 0 Å². The van der Waals surface area contributed by atoms with Gasteiger partial charge in [-0.05, 0) is 42.9 Å². The van der Waals surface area contributed by atoms with E-state index in [1.54, 1.807) is 12.1 Å². The van der Waals surface area contributed by atoms with Gasteiger partial charge in [-0.25, -0.2) is 4.39 Å². The van der Waals surface area contributed by atoms with Gasteiger partial charge in [0.25, 0.3) is 0 Å². The van der Waals surface area contributed by atoms with Crippen molar-refractivity contribution in [1.82, 2.24) is 4.90 Å². The van der Waals surface area contributed by atoms with E-state index in [-0.39, 0.29) is 18.3 Å². The number of ether oxygens (including phenoxy) is 1. The molecule has 6 heteroatoms. The first kappa shape index (κ1) is 18.4. The molecule has 2 aromatic rings. The van der Waals surface area contributed by atoms with Crippen molar-refractivity contribution in [2.24, 2.45) is 0 Å². The number of morpholine rings is 1. The van der Waals surface area contributed by atoms with Crippen LogP contribution in [-0.4, -0.2) is 50.7 Å². The minimum absolute atomic E-state index is 0.122. The normalized spacial score (nSPS) is 14.5. The van der Waals surface area contributed by atoms with Crippen molar-refractivity contribution in [2.75, 3.05) is 50.1 Å². The summed E-state index contributed by atoms with van der Waals surface area (Å²) in [7, 11) is 1.92. The number of nitrogens with one attached hydrogen (secondary N) is 1. The molecule has 0 atom stereocenters. The SMILES string of the molecule is CN(CC(=O)Nc1ccc(F)cc1)Cc1ccccc1N1CCOCC1. The standard InChI is InChI=1S/C20H24FN3O2/c1-23(15-20(25)22-18-8-6-17(21)7-9-18)14-16-4-2-3-5-19(16)24-10-12-26-13-11-24/h2-9H,10-15H2,1H3,(H,22,25). The van der Waals surface area contributed by atoms with Gasteiger partial charge in [0.1, 0.15) is 5.82 Å². The van der Waals surface area contributed by atoms with E-state index in [9.17, 15) is 9.18 Å². The quantitative estimate of drug-likeness (QED) is 0.863. The number of carbonyl (C=O) groups is 1. The Morgan fingerprint density at radius 2 is 1.85 bits per heavy atom. The molecular weight excluding hydrogens is 333 g/mol. The number of rotatable bonds is 6. The highest BCUT2D eigenvalue weighted by Gasteiger charge is 2.16. The third-order valence-electron chi connectivity index (χ3n) is 4.33. The number of nitrogens with zero attached hydrogens (tertiary/aromatic N) is 2. The van der Waals surface area contributed by atoms with Crippen LogP contribution in [0.25, 0.3) is 0 Å². The summed E-state index contributed by atoms with van der Waals surface area (Å²) >= 11 is 0. The van der Waals surface area contributed by atoms with Gasteiger partial charge in [-0.2, -0.15) is 0 Å². The number of para-hydroxylation sites is 1. The van der Waals surface area contributed by atoms with Crippen LogP contribution in [-0.2, 0) is 16.1 Å². The van der Waals surface area contributed by atoms with Gasteiger partial charge in [-0.1, -0.05) is 18.2 Å². The van der Waals surface area contributed by atoms with Gasteiger partial charge >= 0.3 is 0 Å². The molecule has 1 aliphatic heterocycles. The molecule has 0 aromatic heterocycles. The first-order valence-corrected chi connectivity index (χ1v) is 8.76. The number of amides is 1. The highest BCUT2D eigenvalue weighted by atomic mass is 19.1. The molecule has 2 aromatic carbocycles. The van der Waals surface area contributed by atoms with E-state index in [0.717, 1.165) is 26.3 Å². The van der Waals surface area contributed by atoms with Gasteiger partial charge in [-0.15, -0.1) is 0 Å². The van der Waals surface area contributed by atoms with E-state index in [1.807, 2.05) is 24.1 Å². The van der Waals surface area contributed by atoms with Crippen LogP contribution in [0.4, 0.5) is 15.8 Å². The summed E-state index contributed by atoms with van der Waals surface area (Å²) in [4.78, 5) is 16.5. The van der Waals surface area contributed by atoms with Crippen molar-refractivity contribution in [2.45, 2.75) is 6.54 Å². The Labute approximate surface area is 153 Å². The van der Waals surface area contributed by atoms with Gasteiger partial charge < -0.3 is 15.0 Å². The molecule has 1 amide bonds. The zero-order valence-electron chi connectivity index (χ0n) is 15.0. The lowest BCUT2D eigenvalue weighted by Crippen LogP contribution is -2.37. The first-order valence-electron chi connectivity index (χ1n) is 8.76. The predicted octanol–water partition coefficient (Wildman–Crippen LogP) is 2.73. The molecule has 1 fully saturated rings. The average Bonchev–Trinajstić information content (AvgIpc) is 2.64. The number of hydrogen-bond acceptors (Lipinski definition) is 4. The van der Waals surface area contributed by atoms with Crippen LogP contribution < -0.4 is 10.2 Å². The Morgan fingerprint density at radius 3 is 2.58 bits per heavy atom. The fourth-order valence-electron chi connectivity index (χ4n) is 3.08. The molecule has 3 rings (SSSR count). The fraction of sp³-hybridized carbons (Fsp3) is 0.350. The highest BCUT2D eigenvalue weighted by Crippen LogP contribution is 2.22. The van der Waals surface area contributed by atoms with E-state index in [2.05, 4.69) is 22.3 Å². The fourth-order valence-corrected chi connectivity index (χ4v) is 3.08. The minimum atomic E-state index is -0.320. The van der Waals surface area contributed by atoms with Crippen molar-refractivity contribution in [1.29, 1.82) is 0 Å². The third kappa shape index (κ3) is 5.03. The van der Waals surface area contributed by atoms with Crippen LogP contribution in [0.1, 0.15) is 5.56 Å². The van der Waals surface area contributed by atoms with E-state index in [1.165, 1.54) is 23.4 Å². The molecule has 1 aliphatic rings. The molecule has 1 heterocycles. The number of likely N-dealkylation sites (N-methyl/N-ethyl adjacent to an activating group) is 1. The molecule has 26 heavy (non-hydrogen) atoms. The van der Waals surface area contributed by atoms with Crippen molar-refractivity contribution in [3.63, 3.8) is 0 Å². The zero-order valence-corrected chi connectivity index (χ0v) is 15.0. The van der Waals surface area contributed by atoms with Crippen molar-refractivity contribution < 1.29 is 13.9 Å². The smallest absolute Gasteiger partial charge is 0.238 e. The molecule has 138 valence electrons. The Hall–Kier alpha value is -2.44. The lowest BCUT2D eigenvalue weighted by molar-refractivity contribution is -0.117. The van der Waals surface area contributed by atoms with Crippen LogP contribution in [0.5, 0.6) is 0 Å². The van der Waals surface area contributed by atoms with Gasteiger partial charge in [-0.3, -0.25) is 9.69 Å². The summed E-state index contributed by atoms with van der Waals surface area (Å²) in [6, 6.07) is 14.0. The summed E-state index contributed by atoms with van der Waals surface area (Å²) in [5.74, 6) is -0.442. The summed E-state index contributed by atoms with van der Waals surface area (Å²) in [5, 5.41) is 2.79. The maximum absolute atomic E-state index is 12.9. The maximum Gasteiger partial charge on any atom is 0.238 e. The molecular formula is C20H24FN3O2. The van der Waals surface area contributed by atoms with Crippen molar-refractivity contribution in [3.8, 4) is 0 Å². The molecule has 0 unspecified atom stereocenters. The second-order valence-corrected chi connectivity index (χ2v) is 6.46. The Morgan fingerprint density at radius 1 is 1.15 bits per heavy atom. The largest absolute Gasteiger partial charge is 0.378 e. The molecule has 0 spiro atoms. The number of carbonyl (C=O) groups excluding carboxylic acids is 1. The van der Waals surface area contributed by atoms with Gasteiger partial charge in [0.05, 0.1) is 19.8 Å². The summed E-state index contributed by atoms with van der Waals surface area (Å²) < 4.78 is 18.4. The van der Waals surface area contributed by atoms with Gasteiger partial charge in [0.2, 0.25) is 5.91 Å². The molecule has 0 aliphatic carbocycles. The lowest BCUT2D eigenvalue weighted by atomic mass is 10.1. The monoisotopic (exact) mass is 357 g/mol. The maximum atomic E-state index is 12.9. The van der Waals surface area contributed by atoms with Crippen molar-refractivity contribution >= 4 is 17.3 Å². The zero-order chi connectivity index (χ0) is 18.4. The number of halogens is 1. The second kappa shape index (κ2) is 8.78. The molecule has 1 N–H and O–H groups in total. The lowest BCUT2D eigenvalue weighted by Gasteiger charge is -2.31. The van der Waals surface area contributed by atoms with Gasteiger partial charge in [0, 0.05) is 31.0 Å². The third-order valence-corrected chi connectivity index (χ3v) is 4.33. The van der Waals surface area contributed by atoms with Crippen molar-refractivity contribution in [3.05, 3.63) is 59.9 Å². The van der Waals surface area contributed by atoms with Crippen LogP contribution in [0, 0.1) is 5.82 Å². The summed E-state index contributed by atoms with van der Waals surface area (Å²) in [6.45, 7) is 4.17. The topological polar surface area (TPSA) is 44.8 Å². The Bertz CT molecular complexity index is 730. The second-order valence-electron chi connectivity index (χ2n) is 6.46. The van der Waals surface area contributed by atoms with Gasteiger partial charge in [0.15, 0.2) is 0 Å². The number of hydrogen-bond donors (Lipinski definition) is 1. The molecule has 0 bridgehead atoms. The predicted molar refractivity (Wildman–Crippen MR) is 101 cm³/mol. The highest BCUT2D eigenvalue weighted by molar-refractivity contribution is 5.92.